The van der Waals surface area contributed by atoms with Crippen LogP contribution in [-0.4, -0.2) is 33.3 Å². The molecule has 0 aliphatic carbocycles. The Morgan fingerprint density at radius 2 is 2.41 bits per heavy atom. The topological polar surface area (TPSA) is 58.2 Å². The standard InChI is InChI=1S/C11H18N2O2S2/c14-17(15,11-2-1-5-12-8-11)13-6-3-10-4-7-16-9-10/h4,7,9,11-13H,1-3,5-6,8H2. The first-order chi connectivity index (χ1) is 8.18. The summed E-state index contributed by atoms with van der Waals surface area (Å²) in [5, 5.41) is 6.92. The van der Waals surface area contributed by atoms with Gasteiger partial charge in [-0.2, -0.15) is 11.3 Å². The lowest BCUT2D eigenvalue weighted by atomic mass is 10.2. The van der Waals surface area contributed by atoms with Gasteiger partial charge in [0.15, 0.2) is 0 Å². The van der Waals surface area contributed by atoms with Gasteiger partial charge in [0.2, 0.25) is 10.0 Å². The van der Waals surface area contributed by atoms with E-state index in [9.17, 15) is 8.42 Å². The van der Waals surface area contributed by atoms with Gasteiger partial charge in [0.05, 0.1) is 5.25 Å². The summed E-state index contributed by atoms with van der Waals surface area (Å²) in [4.78, 5) is 0. The molecule has 2 heterocycles. The van der Waals surface area contributed by atoms with Crippen molar-refractivity contribution < 1.29 is 8.42 Å². The lowest BCUT2D eigenvalue weighted by Gasteiger charge is -2.22. The molecule has 1 atom stereocenters. The van der Waals surface area contributed by atoms with E-state index in [1.807, 2.05) is 11.4 Å². The van der Waals surface area contributed by atoms with Gasteiger partial charge in [-0.3, -0.25) is 0 Å². The summed E-state index contributed by atoms with van der Waals surface area (Å²) >= 11 is 1.64. The highest BCUT2D eigenvalue weighted by molar-refractivity contribution is 7.90. The fraction of sp³-hybridized carbons (Fsp3) is 0.636. The van der Waals surface area contributed by atoms with Crippen LogP contribution in [0.3, 0.4) is 0 Å². The Balaban J connectivity index is 1.80. The number of piperidine rings is 1. The van der Waals surface area contributed by atoms with E-state index in [4.69, 9.17) is 0 Å². The van der Waals surface area contributed by atoms with E-state index in [1.165, 1.54) is 5.56 Å². The second-order valence-electron chi connectivity index (χ2n) is 4.29. The molecule has 2 rings (SSSR count). The lowest BCUT2D eigenvalue weighted by Crippen LogP contribution is -2.44. The summed E-state index contributed by atoms with van der Waals surface area (Å²) in [6.07, 6.45) is 2.47. The summed E-state index contributed by atoms with van der Waals surface area (Å²) in [7, 11) is -3.15. The Hall–Kier alpha value is -0.430. The van der Waals surface area contributed by atoms with Crippen LogP contribution in [0.4, 0.5) is 0 Å². The normalized spacial score (nSPS) is 21.5. The molecule has 1 saturated heterocycles. The highest BCUT2D eigenvalue weighted by Gasteiger charge is 2.26. The van der Waals surface area contributed by atoms with Crippen LogP contribution in [0.15, 0.2) is 16.8 Å². The lowest BCUT2D eigenvalue weighted by molar-refractivity contribution is 0.490. The van der Waals surface area contributed by atoms with Crippen molar-refractivity contribution in [3.63, 3.8) is 0 Å². The smallest absolute Gasteiger partial charge is 0.215 e. The van der Waals surface area contributed by atoms with Crippen molar-refractivity contribution >= 4 is 21.4 Å². The molecular weight excluding hydrogens is 256 g/mol. The van der Waals surface area contributed by atoms with Crippen LogP contribution in [0.5, 0.6) is 0 Å². The van der Waals surface area contributed by atoms with Gasteiger partial charge in [0.25, 0.3) is 0 Å². The molecule has 0 radical (unpaired) electrons. The Kier molecular flexibility index (Phi) is 4.55. The molecule has 4 nitrogen and oxygen atoms in total. The highest BCUT2D eigenvalue weighted by atomic mass is 32.2. The van der Waals surface area contributed by atoms with E-state index < -0.39 is 10.0 Å². The molecule has 17 heavy (non-hydrogen) atoms. The van der Waals surface area contributed by atoms with Crippen LogP contribution in [0, 0.1) is 0 Å². The molecule has 2 N–H and O–H groups in total. The molecule has 0 aromatic carbocycles. The fourth-order valence-electron chi connectivity index (χ4n) is 1.98. The first kappa shape index (κ1) is 13.0. The van der Waals surface area contributed by atoms with Crippen molar-refractivity contribution in [2.75, 3.05) is 19.6 Å². The van der Waals surface area contributed by atoms with Crippen molar-refractivity contribution in [1.82, 2.24) is 10.0 Å². The molecule has 0 bridgehead atoms. The van der Waals surface area contributed by atoms with Gasteiger partial charge in [-0.15, -0.1) is 0 Å². The van der Waals surface area contributed by atoms with Crippen LogP contribution in [0.2, 0.25) is 0 Å². The highest BCUT2D eigenvalue weighted by Crippen LogP contribution is 2.11. The third kappa shape index (κ3) is 3.77. The van der Waals surface area contributed by atoms with Crippen molar-refractivity contribution in [1.29, 1.82) is 0 Å². The molecule has 0 spiro atoms. The van der Waals surface area contributed by atoms with Gasteiger partial charge in [-0.1, -0.05) is 0 Å². The molecule has 1 aromatic rings. The summed E-state index contributed by atoms with van der Waals surface area (Å²) in [5.41, 5.74) is 1.19. The number of rotatable bonds is 5. The zero-order chi connectivity index (χ0) is 12.1. The monoisotopic (exact) mass is 274 g/mol. The summed E-state index contributed by atoms with van der Waals surface area (Å²) in [6.45, 7) is 2.00. The van der Waals surface area contributed by atoms with Gasteiger partial charge < -0.3 is 5.32 Å². The summed E-state index contributed by atoms with van der Waals surface area (Å²) in [6, 6.07) is 2.03. The van der Waals surface area contributed by atoms with Crippen molar-refractivity contribution in [3.8, 4) is 0 Å². The van der Waals surface area contributed by atoms with Gasteiger partial charge in [0, 0.05) is 13.1 Å². The number of hydrogen-bond donors (Lipinski definition) is 2. The van der Waals surface area contributed by atoms with Gasteiger partial charge in [-0.25, -0.2) is 13.1 Å². The maximum absolute atomic E-state index is 12.0. The molecule has 1 unspecified atom stereocenters. The minimum Gasteiger partial charge on any atom is -0.315 e. The molecule has 1 aliphatic heterocycles. The van der Waals surface area contributed by atoms with Crippen LogP contribution in [-0.2, 0) is 16.4 Å². The van der Waals surface area contributed by atoms with Crippen LogP contribution in [0.1, 0.15) is 18.4 Å². The summed E-state index contributed by atoms with van der Waals surface area (Å²) in [5.74, 6) is 0. The second kappa shape index (κ2) is 5.95. The van der Waals surface area contributed by atoms with E-state index in [0.717, 1.165) is 25.8 Å². The third-order valence-electron chi connectivity index (χ3n) is 2.99. The number of thiophene rings is 1. The van der Waals surface area contributed by atoms with E-state index in [-0.39, 0.29) is 5.25 Å². The van der Waals surface area contributed by atoms with Crippen molar-refractivity contribution in [2.24, 2.45) is 0 Å². The molecule has 1 aliphatic rings. The fourth-order valence-corrected chi connectivity index (χ4v) is 4.11. The average Bonchev–Trinajstić information content (AvgIpc) is 2.83. The molecule has 1 fully saturated rings. The van der Waals surface area contributed by atoms with Gasteiger partial charge >= 0.3 is 0 Å². The van der Waals surface area contributed by atoms with Crippen LogP contribution < -0.4 is 10.0 Å². The largest absolute Gasteiger partial charge is 0.315 e. The van der Waals surface area contributed by atoms with Crippen molar-refractivity contribution in [3.05, 3.63) is 22.4 Å². The van der Waals surface area contributed by atoms with E-state index >= 15 is 0 Å². The number of sulfonamides is 1. The molecule has 0 amide bonds. The zero-order valence-electron chi connectivity index (χ0n) is 9.69. The van der Waals surface area contributed by atoms with E-state index in [1.54, 1.807) is 11.3 Å². The van der Waals surface area contributed by atoms with E-state index in [0.29, 0.717) is 13.1 Å². The third-order valence-corrected chi connectivity index (χ3v) is 5.61. The Labute approximate surface area is 106 Å². The van der Waals surface area contributed by atoms with Crippen LogP contribution in [0.25, 0.3) is 0 Å². The minimum absolute atomic E-state index is 0.265. The predicted octanol–water partition coefficient (Wildman–Crippen LogP) is 0.962. The Morgan fingerprint density at radius 3 is 3.06 bits per heavy atom. The Morgan fingerprint density at radius 1 is 1.53 bits per heavy atom. The predicted molar refractivity (Wildman–Crippen MR) is 70.8 cm³/mol. The molecule has 96 valence electrons. The SMILES string of the molecule is O=S(=O)(NCCc1ccsc1)C1CCCNC1. The zero-order valence-corrected chi connectivity index (χ0v) is 11.3. The molecule has 1 aromatic heterocycles. The van der Waals surface area contributed by atoms with Gasteiger partial charge in [-0.05, 0) is 48.2 Å². The average molecular weight is 274 g/mol. The van der Waals surface area contributed by atoms with Crippen LogP contribution >= 0.6 is 11.3 Å². The summed E-state index contributed by atoms with van der Waals surface area (Å²) < 4.78 is 26.6. The molecular formula is C11H18N2O2S2. The molecule has 0 saturated carbocycles. The molecule has 6 heteroatoms. The maximum Gasteiger partial charge on any atom is 0.215 e. The first-order valence-electron chi connectivity index (χ1n) is 5.89. The van der Waals surface area contributed by atoms with Gasteiger partial charge in [0.1, 0.15) is 0 Å². The Bertz CT molecular complexity index is 422. The van der Waals surface area contributed by atoms with E-state index in [2.05, 4.69) is 15.4 Å². The number of nitrogens with one attached hydrogen (secondary N) is 2. The quantitative estimate of drug-likeness (QED) is 0.841. The minimum atomic E-state index is -3.15. The number of hydrogen-bond acceptors (Lipinski definition) is 4. The first-order valence-corrected chi connectivity index (χ1v) is 8.38. The maximum atomic E-state index is 12.0. The second-order valence-corrected chi connectivity index (χ2v) is 7.11. The van der Waals surface area contributed by atoms with Crippen molar-refractivity contribution in [2.45, 2.75) is 24.5 Å².